The lowest BCUT2D eigenvalue weighted by Crippen LogP contribution is -2.01. The van der Waals surface area contributed by atoms with E-state index in [1.165, 1.54) is 0 Å². The Morgan fingerprint density at radius 3 is 2.47 bits per heavy atom. The van der Waals surface area contributed by atoms with Gasteiger partial charge < -0.3 is 14.0 Å². The summed E-state index contributed by atoms with van der Waals surface area (Å²) in [6.45, 7) is 8.20. The molecule has 0 N–H and O–H groups in total. The molecule has 0 spiro atoms. The third-order valence-electron chi connectivity index (χ3n) is 2.07. The zero-order valence-corrected chi connectivity index (χ0v) is 11.5. The standard InChI is InChI=1S/C11H19NO3.C2H6/c1-10-9-11(12-15-10)5-8-14-7-4-3-6-13-2;1-2/h9H,3-8H2,1-2H3;1-2H3. The second-order valence-electron chi connectivity index (χ2n) is 3.49. The second kappa shape index (κ2) is 11.6. The van der Waals surface area contributed by atoms with Crippen LogP contribution in [0, 0.1) is 6.92 Å². The van der Waals surface area contributed by atoms with Crippen molar-refractivity contribution < 1.29 is 14.0 Å². The molecule has 100 valence electrons. The second-order valence-corrected chi connectivity index (χ2v) is 3.49. The van der Waals surface area contributed by atoms with Gasteiger partial charge in [-0.05, 0) is 19.8 Å². The minimum atomic E-state index is 0.707. The van der Waals surface area contributed by atoms with Gasteiger partial charge in [0.2, 0.25) is 0 Å². The number of aryl methyl sites for hydroxylation is 1. The number of rotatable bonds is 8. The monoisotopic (exact) mass is 243 g/mol. The SMILES string of the molecule is CC.COCCCCOCCc1cc(C)on1. The molecule has 0 atom stereocenters. The number of hydrogen-bond acceptors (Lipinski definition) is 4. The van der Waals surface area contributed by atoms with Crippen molar-refractivity contribution in [3.8, 4) is 0 Å². The Balaban J connectivity index is 0.00000121. The van der Waals surface area contributed by atoms with Crippen molar-refractivity contribution in [3.05, 3.63) is 17.5 Å². The normalized spacial score (nSPS) is 9.88. The Morgan fingerprint density at radius 1 is 1.18 bits per heavy atom. The highest BCUT2D eigenvalue weighted by molar-refractivity contribution is 5.03. The van der Waals surface area contributed by atoms with Crippen molar-refractivity contribution in [2.24, 2.45) is 0 Å². The molecule has 0 aliphatic rings. The van der Waals surface area contributed by atoms with Gasteiger partial charge in [-0.3, -0.25) is 0 Å². The Hall–Kier alpha value is -0.870. The maximum Gasteiger partial charge on any atom is 0.133 e. The van der Waals surface area contributed by atoms with E-state index in [9.17, 15) is 0 Å². The minimum absolute atomic E-state index is 0.707. The van der Waals surface area contributed by atoms with Gasteiger partial charge >= 0.3 is 0 Å². The van der Waals surface area contributed by atoms with Crippen LogP contribution in [0.1, 0.15) is 38.1 Å². The summed E-state index contributed by atoms with van der Waals surface area (Å²) in [4.78, 5) is 0. The van der Waals surface area contributed by atoms with E-state index in [1.54, 1.807) is 7.11 Å². The average molecular weight is 243 g/mol. The summed E-state index contributed by atoms with van der Waals surface area (Å²) >= 11 is 0. The van der Waals surface area contributed by atoms with Gasteiger partial charge in [-0.2, -0.15) is 0 Å². The van der Waals surface area contributed by atoms with Gasteiger partial charge in [0, 0.05) is 32.8 Å². The van der Waals surface area contributed by atoms with Crippen molar-refractivity contribution >= 4 is 0 Å². The van der Waals surface area contributed by atoms with Crippen molar-refractivity contribution in [2.45, 2.75) is 40.0 Å². The number of aromatic nitrogens is 1. The zero-order chi connectivity index (χ0) is 12.9. The molecule has 1 aromatic rings. The van der Waals surface area contributed by atoms with Crippen LogP contribution in [0.5, 0.6) is 0 Å². The van der Waals surface area contributed by atoms with Crippen molar-refractivity contribution in [3.63, 3.8) is 0 Å². The lowest BCUT2D eigenvalue weighted by atomic mass is 10.3. The molecule has 0 fully saturated rings. The van der Waals surface area contributed by atoms with E-state index >= 15 is 0 Å². The lowest BCUT2D eigenvalue weighted by Gasteiger charge is -2.02. The Kier molecular flexibility index (Phi) is 11.0. The molecule has 4 nitrogen and oxygen atoms in total. The number of nitrogens with zero attached hydrogens (tertiary/aromatic N) is 1. The van der Waals surface area contributed by atoms with Gasteiger partial charge in [-0.1, -0.05) is 19.0 Å². The fourth-order valence-electron chi connectivity index (χ4n) is 1.27. The first-order valence-corrected chi connectivity index (χ1v) is 6.32. The van der Waals surface area contributed by atoms with Gasteiger partial charge in [-0.25, -0.2) is 0 Å². The molecule has 4 heteroatoms. The van der Waals surface area contributed by atoms with Crippen LogP contribution in [0.25, 0.3) is 0 Å². The van der Waals surface area contributed by atoms with Crippen LogP contribution >= 0.6 is 0 Å². The highest BCUT2D eigenvalue weighted by Gasteiger charge is 1.99. The summed E-state index contributed by atoms with van der Waals surface area (Å²) in [6, 6.07) is 1.94. The molecule has 0 unspecified atom stereocenters. The molecule has 0 radical (unpaired) electrons. The molecule has 0 saturated heterocycles. The summed E-state index contributed by atoms with van der Waals surface area (Å²) in [6.07, 6.45) is 2.92. The molecule has 1 heterocycles. The Labute approximate surface area is 104 Å². The third-order valence-corrected chi connectivity index (χ3v) is 2.07. The van der Waals surface area contributed by atoms with Crippen molar-refractivity contribution in [1.82, 2.24) is 5.16 Å². The van der Waals surface area contributed by atoms with Gasteiger partial charge in [0.15, 0.2) is 0 Å². The highest BCUT2D eigenvalue weighted by atomic mass is 16.5. The van der Waals surface area contributed by atoms with Gasteiger partial charge in [0.1, 0.15) is 5.76 Å². The third kappa shape index (κ3) is 8.89. The van der Waals surface area contributed by atoms with E-state index in [0.29, 0.717) is 6.61 Å². The molecule has 1 aromatic heterocycles. The van der Waals surface area contributed by atoms with E-state index in [2.05, 4.69) is 5.16 Å². The van der Waals surface area contributed by atoms with Crippen LogP contribution in [-0.4, -0.2) is 32.1 Å². The van der Waals surface area contributed by atoms with Gasteiger partial charge in [0.25, 0.3) is 0 Å². The van der Waals surface area contributed by atoms with Crippen LogP contribution in [0.2, 0.25) is 0 Å². The molecule has 0 bridgehead atoms. The minimum Gasteiger partial charge on any atom is -0.385 e. The molecule has 0 aromatic carbocycles. The number of hydrogen-bond donors (Lipinski definition) is 0. The number of unbranched alkanes of at least 4 members (excludes halogenated alkanes) is 1. The predicted molar refractivity (Wildman–Crippen MR) is 68.2 cm³/mol. The molecule has 0 aliphatic heterocycles. The van der Waals surface area contributed by atoms with Gasteiger partial charge in [-0.15, -0.1) is 0 Å². The molecular weight excluding hydrogens is 218 g/mol. The number of methoxy groups -OCH3 is 1. The fraction of sp³-hybridized carbons (Fsp3) is 0.769. The van der Waals surface area contributed by atoms with Crippen LogP contribution in [0.3, 0.4) is 0 Å². The van der Waals surface area contributed by atoms with Crippen LogP contribution in [-0.2, 0) is 15.9 Å². The van der Waals surface area contributed by atoms with E-state index in [0.717, 1.165) is 43.9 Å². The van der Waals surface area contributed by atoms with E-state index < -0.39 is 0 Å². The summed E-state index contributed by atoms with van der Waals surface area (Å²) in [5, 5.41) is 3.89. The topological polar surface area (TPSA) is 44.5 Å². The average Bonchev–Trinajstić information content (AvgIpc) is 2.77. The van der Waals surface area contributed by atoms with Crippen LogP contribution in [0.15, 0.2) is 10.6 Å². The first kappa shape index (κ1) is 16.1. The maximum atomic E-state index is 5.46. The largest absolute Gasteiger partial charge is 0.385 e. The van der Waals surface area contributed by atoms with E-state index in [1.807, 2.05) is 26.8 Å². The molecule has 0 aliphatic carbocycles. The Bertz CT molecular complexity index is 261. The van der Waals surface area contributed by atoms with Gasteiger partial charge in [0.05, 0.1) is 12.3 Å². The summed E-state index contributed by atoms with van der Waals surface area (Å²) in [7, 11) is 1.72. The van der Waals surface area contributed by atoms with Crippen LogP contribution < -0.4 is 0 Å². The molecular formula is C13H25NO3. The maximum absolute atomic E-state index is 5.46. The summed E-state index contributed by atoms with van der Waals surface area (Å²) in [5.41, 5.74) is 0.962. The molecule has 0 saturated carbocycles. The predicted octanol–water partition coefficient (Wildman–Crippen LogP) is 2.99. The molecule has 1 rings (SSSR count). The summed E-state index contributed by atoms with van der Waals surface area (Å²) < 4.78 is 15.4. The highest BCUT2D eigenvalue weighted by Crippen LogP contribution is 2.02. The van der Waals surface area contributed by atoms with Crippen molar-refractivity contribution in [1.29, 1.82) is 0 Å². The molecule has 17 heavy (non-hydrogen) atoms. The lowest BCUT2D eigenvalue weighted by molar-refractivity contribution is 0.120. The van der Waals surface area contributed by atoms with E-state index in [-0.39, 0.29) is 0 Å². The number of ether oxygens (including phenoxy) is 2. The first-order valence-electron chi connectivity index (χ1n) is 6.32. The fourth-order valence-corrected chi connectivity index (χ4v) is 1.27. The first-order chi connectivity index (χ1) is 8.33. The summed E-state index contributed by atoms with van der Waals surface area (Å²) in [5.74, 6) is 0.852. The smallest absolute Gasteiger partial charge is 0.133 e. The zero-order valence-electron chi connectivity index (χ0n) is 11.5. The quantitative estimate of drug-likeness (QED) is 0.658. The molecule has 0 amide bonds. The van der Waals surface area contributed by atoms with Crippen molar-refractivity contribution in [2.75, 3.05) is 26.9 Å². The Morgan fingerprint density at radius 2 is 1.88 bits per heavy atom. The van der Waals surface area contributed by atoms with E-state index in [4.69, 9.17) is 14.0 Å². The van der Waals surface area contributed by atoms with Crippen LogP contribution in [0.4, 0.5) is 0 Å².